The Hall–Kier alpha value is -2.75. The van der Waals surface area contributed by atoms with E-state index in [1.807, 2.05) is 44.2 Å². The Morgan fingerprint density at radius 3 is 2.41 bits per heavy atom. The van der Waals surface area contributed by atoms with E-state index in [4.69, 9.17) is 15.2 Å². The molecule has 0 aliphatic carbocycles. The highest BCUT2D eigenvalue weighted by molar-refractivity contribution is 7.89. The summed E-state index contributed by atoms with van der Waals surface area (Å²) >= 11 is 0. The number of carbonyl (C=O) groups is 1. The average molecular weight is 655 g/mol. The number of amides is 1. The molecule has 3 atom stereocenters. The molecule has 1 aliphatic rings. The van der Waals surface area contributed by atoms with Gasteiger partial charge in [0.2, 0.25) is 20.0 Å². The zero-order valence-electron chi connectivity index (χ0n) is 25.6. The number of hydrogen-bond donors (Lipinski definition) is 4. The zero-order valence-corrected chi connectivity index (χ0v) is 27.3. The van der Waals surface area contributed by atoms with Crippen LogP contribution in [0.3, 0.4) is 0 Å². The number of benzene rings is 2. The third-order valence-electron chi connectivity index (χ3n) is 7.39. The predicted octanol–water partition coefficient (Wildman–Crippen LogP) is 2.49. The Labute approximate surface area is 261 Å². The van der Waals surface area contributed by atoms with E-state index in [2.05, 4.69) is 10.0 Å². The number of nitrogen functional groups attached to an aromatic ring is 1. The summed E-state index contributed by atoms with van der Waals surface area (Å²) in [5.41, 5.74) is 6.53. The van der Waals surface area contributed by atoms with Gasteiger partial charge in [0.25, 0.3) is 0 Å². The van der Waals surface area contributed by atoms with Crippen LogP contribution in [0.15, 0.2) is 59.5 Å². The highest BCUT2D eigenvalue weighted by atomic mass is 32.2. The second kappa shape index (κ2) is 16.0. The molecule has 0 unspecified atom stereocenters. The molecule has 2 aromatic carbocycles. The van der Waals surface area contributed by atoms with Gasteiger partial charge in [-0.25, -0.2) is 26.4 Å². The number of rotatable bonds is 17. The van der Waals surface area contributed by atoms with Gasteiger partial charge in [-0.1, -0.05) is 50.6 Å². The van der Waals surface area contributed by atoms with Crippen LogP contribution >= 0.6 is 0 Å². The summed E-state index contributed by atoms with van der Waals surface area (Å²) in [4.78, 5) is 12.8. The predicted molar refractivity (Wildman–Crippen MR) is 169 cm³/mol. The fourth-order valence-electron chi connectivity index (χ4n) is 5.01. The van der Waals surface area contributed by atoms with Crippen molar-refractivity contribution in [2.75, 3.05) is 44.8 Å². The number of aliphatic hydroxyl groups excluding tert-OH is 1. The van der Waals surface area contributed by atoms with Gasteiger partial charge in [-0.3, -0.25) is 0 Å². The molecule has 1 heterocycles. The number of alkyl carbamates (subject to hydrolysis) is 1. The number of sulfonamides is 2. The first-order valence-corrected chi connectivity index (χ1v) is 18.0. The van der Waals surface area contributed by atoms with E-state index < -0.39 is 43.7 Å². The molecule has 1 fully saturated rings. The lowest BCUT2D eigenvalue weighted by Crippen LogP contribution is -2.52. The molecule has 5 N–H and O–H groups in total. The van der Waals surface area contributed by atoms with Crippen LogP contribution in [0.2, 0.25) is 0 Å². The number of nitrogens with one attached hydrogen (secondary N) is 2. The summed E-state index contributed by atoms with van der Waals surface area (Å²) in [6.07, 6.45) is 1.37. The lowest BCUT2D eigenvalue weighted by atomic mass is 9.87. The van der Waals surface area contributed by atoms with Crippen molar-refractivity contribution in [1.29, 1.82) is 0 Å². The largest absolute Gasteiger partial charge is 0.444 e. The van der Waals surface area contributed by atoms with Crippen molar-refractivity contribution in [2.45, 2.75) is 69.1 Å². The Morgan fingerprint density at radius 2 is 1.80 bits per heavy atom. The molecule has 0 bridgehead atoms. The van der Waals surface area contributed by atoms with E-state index in [-0.39, 0.29) is 37.1 Å². The smallest absolute Gasteiger partial charge is 0.407 e. The van der Waals surface area contributed by atoms with Gasteiger partial charge in [-0.05, 0) is 54.5 Å². The second-order valence-electron chi connectivity index (χ2n) is 12.1. The third-order valence-corrected chi connectivity index (χ3v) is 9.94. The van der Waals surface area contributed by atoms with E-state index in [0.717, 1.165) is 11.8 Å². The number of ether oxygens (including phenoxy) is 2. The molecule has 1 saturated heterocycles. The summed E-state index contributed by atoms with van der Waals surface area (Å²) in [6.45, 7) is 4.71. The van der Waals surface area contributed by atoms with Crippen LogP contribution in [0.5, 0.6) is 0 Å². The number of unbranched alkanes of at least 4 members (excludes halogenated alkanes) is 1. The first-order valence-electron chi connectivity index (χ1n) is 14.7. The summed E-state index contributed by atoms with van der Waals surface area (Å²) in [5, 5.41) is 14.3. The lowest BCUT2D eigenvalue weighted by Gasteiger charge is -2.35. The van der Waals surface area contributed by atoms with Gasteiger partial charge in [0.1, 0.15) is 6.10 Å². The topological polar surface area (TPSA) is 177 Å². The Morgan fingerprint density at radius 1 is 1.11 bits per heavy atom. The van der Waals surface area contributed by atoms with Gasteiger partial charge in [0.15, 0.2) is 0 Å². The summed E-state index contributed by atoms with van der Waals surface area (Å²) in [5.74, 6) is 0. The summed E-state index contributed by atoms with van der Waals surface area (Å²) < 4.78 is 65.1. The van der Waals surface area contributed by atoms with Crippen molar-refractivity contribution >= 4 is 31.8 Å². The number of nitrogens with zero attached hydrogens (tertiary/aromatic N) is 1. The van der Waals surface area contributed by atoms with Crippen molar-refractivity contribution in [1.82, 2.24) is 14.3 Å². The molecule has 2 aromatic rings. The molecular weight excluding hydrogens is 608 g/mol. The molecule has 1 aliphatic heterocycles. The minimum absolute atomic E-state index is 0.0280. The van der Waals surface area contributed by atoms with Crippen molar-refractivity contribution < 1.29 is 36.2 Å². The minimum Gasteiger partial charge on any atom is -0.444 e. The number of anilines is 1. The standard InChI is InChI=1S/C30H46N4O8S2/c1-30(2,16-7-8-17-32-43(3,37)38)22-34(44(39,40)26-13-11-24(31)12-14-26)20-28(35)27(19-23-9-5-4-6-10-23)33-29(36)42-25-15-18-41-21-25/h4-6,9-14,25,27-28,32,35H,7-8,15-22,31H2,1-3H3,(H,33,36)/t25-,27-,28+/m0/s1. The van der Waals surface area contributed by atoms with Gasteiger partial charge in [0.05, 0.1) is 36.5 Å². The molecule has 12 nitrogen and oxygen atoms in total. The highest BCUT2D eigenvalue weighted by Gasteiger charge is 2.35. The van der Waals surface area contributed by atoms with Crippen LogP contribution in [0, 0.1) is 5.41 Å². The van der Waals surface area contributed by atoms with E-state index in [9.17, 15) is 26.7 Å². The third kappa shape index (κ3) is 12.0. The summed E-state index contributed by atoms with van der Waals surface area (Å²) in [6, 6.07) is 14.3. The molecule has 0 spiro atoms. The van der Waals surface area contributed by atoms with E-state index >= 15 is 0 Å². The Bertz CT molecular complexity index is 1400. The fraction of sp³-hybridized carbons (Fsp3) is 0.567. The molecule has 246 valence electrons. The first kappa shape index (κ1) is 35.7. The average Bonchev–Trinajstić information content (AvgIpc) is 3.45. The van der Waals surface area contributed by atoms with Crippen molar-refractivity contribution in [2.24, 2.45) is 5.41 Å². The molecule has 14 heteroatoms. The molecule has 0 saturated carbocycles. The molecule has 3 rings (SSSR count). The Balaban J connectivity index is 1.81. The van der Waals surface area contributed by atoms with Crippen molar-refractivity contribution in [3.63, 3.8) is 0 Å². The van der Waals surface area contributed by atoms with E-state index in [1.165, 1.54) is 28.6 Å². The molecule has 44 heavy (non-hydrogen) atoms. The lowest BCUT2D eigenvalue weighted by molar-refractivity contribution is 0.0623. The van der Waals surface area contributed by atoms with Crippen LogP contribution in [0.4, 0.5) is 10.5 Å². The maximum atomic E-state index is 13.9. The maximum Gasteiger partial charge on any atom is 0.407 e. The highest BCUT2D eigenvalue weighted by Crippen LogP contribution is 2.29. The Kier molecular flexibility index (Phi) is 13.0. The number of aliphatic hydroxyl groups is 1. The first-order chi connectivity index (χ1) is 20.6. The molecule has 1 amide bonds. The molecular formula is C30H46N4O8S2. The second-order valence-corrected chi connectivity index (χ2v) is 15.8. The van der Waals surface area contributed by atoms with Gasteiger partial charge < -0.3 is 25.6 Å². The van der Waals surface area contributed by atoms with Crippen molar-refractivity contribution in [3.8, 4) is 0 Å². The minimum atomic E-state index is -4.09. The number of hydrogen-bond acceptors (Lipinski definition) is 9. The SMILES string of the molecule is CC(C)(CCCCNS(C)(=O)=O)CN(C[C@@H](O)[C@H](Cc1ccccc1)NC(=O)O[C@H]1CCOC1)S(=O)(=O)c1ccc(N)cc1. The van der Waals surface area contributed by atoms with E-state index in [0.29, 0.717) is 44.6 Å². The van der Waals surface area contributed by atoms with Crippen LogP contribution < -0.4 is 15.8 Å². The van der Waals surface area contributed by atoms with Crippen molar-refractivity contribution in [3.05, 3.63) is 60.2 Å². The van der Waals surface area contributed by atoms with Gasteiger partial charge in [-0.2, -0.15) is 4.31 Å². The van der Waals surface area contributed by atoms with Crippen LogP contribution in [0.25, 0.3) is 0 Å². The van der Waals surface area contributed by atoms with Crippen LogP contribution in [0.1, 0.15) is 45.1 Å². The quantitative estimate of drug-likeness (QED) is 0.147. The van der Waals surface area contributed by atoms with Gasteiger partial charge >= 0.3 is 6.09 Å². The van der Waals surface area contributed by atoms with Gasteiger partial charge in [-0.15, -0.1) is 0 Å². The zero-order chi connectivity index (χ0) is 32.4. The van der Waals surface area contributed by atoms with Gasteiger partial charge in [0, 0.05) is 31.7 Å². The number of nitrogens with two attached hydrogens (primary N) is 1. The van der Waals surface area contributed by atoms with E-state index in [1.54, 1.807) is 0 Å². The molecule has 0 aromatic heterocycles. The van der Waals surface area contributed by atoms with Crippen LogP contribution in [-0.2, 0) is 35.9 Å². The molecule has 0 radical (unpaired) electrons. The monoisotopic (exact) mass is 654 g/mol. The van der Waals surface area contributed by atoms with Crippen LogP contribution in [-0.4, -0.2) is 89.7 Å². The fourth-order valence-corrected chi connectivity index (χ4v) is 7.17. The maximum absolute atomic E-state index is 13.9. The normalized spacial score (nSPS) is 17.3. The summed E-state index contributed by atoms with van der Waals surface area (Å²) in [7, 11) is -7.38. The number of carbonyl (C=O) groups excluding carboxylic acids is 1.